The molecule has 2 rings (SSSR count). The van der Waals surface area contributed by atoms with E-state index in [1.54, 1.807) is 34.9 Å². The van der Waals surface area contributed by atoms with E-state index >= 15 is 0 Å². The first-order chi connectivity index (χ1) is 10.0. The fraction of sp³-hybridized carbons (Fsp3) is 0.467. The molecular weight excluding hydrogens is 270 g/mol. The zero-order chi connectivity index (χ0) is 15.4. The van der Waals surface area contributed by atoms with Crippen LogP contribution in [0.1, 0.15) is 24.2 Å². The van der Waals surface area contributed by atoms with E-state index in [0.717, 1.165) is 0 Å². The Bertz CT molecular complexity index is 537. The van der Waals surface area contributed by atoms with E-state index in [1.807, 2.05) is 6.92 Å². The Morgan fingerprint density at radius 3 is 2.33 bits per heavy atom. The number of nitrogen functional groups attached to an aromatic ring is 1. The van der Waals surface area contributed by atoms with Crippen molar-refractivity contribution >= 4 is 17.5 Å². The van der Waals surface area contributed by atoms with E-state index in [4.69, 9.17) is 10.5 Å². The van der Waals surface area contributed by atoms with Crippen molar-refractivity contribution in [1.29, 1.82) is 0 Å². The van der Waals surface area contributed by atoms with Gasteiger partial charge in [-0.2, -0.15) is 0 Å². The second kappa shape index (κ2) is 6.47. The molecule has 1 aromatic rings. The molecule has 0 atom stereocenters. The Morgan fingerprint density at radius 1 is 1.19 bits per heavy atom. The molecule has 0 aromatic heterocycles. The van der Waals surface area contributed by atoms with E-state index in [0.29, 0.717) is 49.8 Å². The van der Waals surface area contributed by atoms with Gasteiger partial charge >= 0.3 is 0 Å². The number of anilines is 1. The number of carbonyl (C=O) groups excluding carboxylic acids is 2. The third-order valence-corrected chi connectivity index (χ3v) is 3.57. The first kappa shape index (κ1) is 15.2. The molecule has 0 aliphatic carbocycles. The number of amides is 2. The maximum atomic E-state index is 12.4. The smallest absolute Gasteiger partial charge is 0.254 e. The minimum atomic E-state index is -0.0621. The number of ether oxygens (including phenoxy) is 1. The SMILES string of the molecule is CCOc1ccc(C(=O)N2CCN(C(C)=O)CC2)cc1N. The third-order valence-electron chi connectivity index (χ3n) is 3.57. The molecule has 1 fully saturated rings. The number of piperazine rings is 1. The lowest BCUT2D eigenvalue weighted by atomic mass is 10.1. The molecule has 0 spiro atoms. The third kappa shape index (κ3) is 3.45. The fourth-order valence-electron chi connectivity index (χ4n) is 2.38. The van der Waals surface area contributed by atoms with E-state index in [9.17, 15) is 9.59 Å². The summed E-state index contributed by atoms with van der Waals surface area (Å²) in [6.07, 6.45) is 0. The average molecular weight is 291 g/mol. The van der Waals surface area contributed by atoms with Crippen LogP contribution in [0.3, 0.4) is 0 Å². The van der Waals surface area contributed by atoms with E-state index in [2.05, 4.69) is 0 Å². The minimum Gasteiger partial charge on any atom is -0.492 e. The van der Waals surface area contributed by atoms with Crippen LogP contribution in [0.25, 0.3) is 0 Å². The first-order valence-electron chi connectivity index (χ1n) is 7.10. The first-order valence-corrected chi connectivity index (χ1v) is 7.10. The van der Waals surface area contributed by atoms with Crippen molar-refractivity contribution in [3.05, 3.63) is 23.8 Å². The van der Waals surface area contributed by atoms with Crippen molar-refractivity contribution in [2.75, 3.05) is 38.5 Å². The predicted molar refractivity (Wildman–Crippen MR) is 80.2 cm³/mol. The number of rotatable bonds is 3. The molecule has 1 aromatic carbocycles. The standard InChI is InChI=1S/C15H21N3O3/c1-3-21-14-5-4-12(10-13(14)16)15(20)18-8-6-17(7-9-18)11(2)19/h4-5,10H,3,6-9,16H2,1-2H3. The van der Waals surface area contributed by atoms with Crippen molar-refractivity contribution < 1.29 is 14.3 Å². The average Bonchev–Trinajstić information content (AvgIpc) is 2.49. The lowest BCUT2D eigenvalue weighted by molar-refractivity contribution is -0.130. The van der Waals surface area contributed by atoms with Crippen LogP contribution in [0.15, 0.2) is 18.2 Å². The van der Waals surface area contributed by atoms with E-state index in [1.165, 1.54) is 0 Å². The van der Waals surface area contributed by atoms with Crippen molar-refractivity contribution in [2.24, 2.45) is 0 Å². The number of hydrogen-bond acceptors (Lipinski definition) is 4. The zero-order valence-corrected chi connectivity index (χ0v) is 12.5. The number of benzene rings is 1. The molecule has 1 saturated heterocycles. The number of carbonyl (C=O) groups is 2. The van der Waals surface area contributed by atoms with Crippen LogP contribution in [-0.2, 0) is 4.79 Å². The summed E-state index contributed by atoms with van der Waals surface area (Å²) in [5.74, 6) is 0.579. The highest BCUT2D eigenvalue weighted by molar-refractivity contribution is 5.95. The van der Waals surface area contributed by atoms with Crippen LogP contribution in [0.5, 0.6) is 5.75 Å². The monoisotopic (exact) mass is 291 g/mol. The molecule has 0 bridgehead atoms. The molecular formula is C15H21N3O3. The van der Waals surface area contributed by atoms with Gasteiger partial charge < -0.3 is 20.3 Å². The molecule has 21 heavy (non-hydrogen) atoms. The summed E-state index contributed by atoms with van der Waals surface area (Å²) in [5.41, 5.74) is 6.90. The van der Waals surface area contributed by atoms with Gasteiger partial charge in [-0.3, -0.25) is 9.59 Å². The minimum absolute atomic E-state index is 0.0485. The number of nitrogens with two attached hydrogens (primary N) is 1. The lowest BCUT2D eigenvalue weighted by Crippen LogP contribution is -2.50. The summed E-state index contributed by atoms with van der Waals surface area (Å²) in [6.45, 7) is 6.21. The van der Waals surface area contributed by atoms with Gasteiger partial charge in [-0.25, -0.2) is 0 Å². The van der Waals surface area contributed by atoms with Gasteiger partial charge in [-0.05, 0) is 25.1 Å². The van der Waals surface area contributed by atoms with Gasteiger partial charge in [-0.15, -0.1) is 0 Å². The van der Waals surface area contributed by atoms with E-state index in [-0.39, 0.29) is 11.8 Å². The molecule has 0 saturated carbocycles. The Labute approximate surface area is 124 Å². The summed E-state index contributed by atoms with van der Waals surface area (Å²) in [5, 5.41) is 0. The Balaban J connectivity index is 2.04. The summed E-state index contributed by atoms with van der Waals surface area (Å²) >= 11 is 0. The van der Waals surface area contributed by atoms with Gasteiger partial charge in [0.1, 0.15) is 5.75 Å². The normalized spacial score (nSPS) is 15.0. The molecule has 1 aliphatic rings. The second-order valence-corrected chi connectivity index (χ2v) is 4.98. The van der Waals surface area contributed by atoms with Gasteiger partial charge in [0.15, 0.2) is 0 Å². The maximum Gasteiger partial charge on any atom is 0.254 e. The second-order valence-electron chi connectivity index (χ2n) is 4.98. The molecule has 2 amide bonds. The highest BCUT2D eigenvalue weighted by Gasteiger charge is 2.23. The molecule has 6 heteroatoms. The highest BCUT2D eigenvalue weighted by atomic mass is 16.5. The zero-order valence-electron chi connectivity index (χ0n) is 12.5. The van der Waals surface area contributed by atoms with Gasteiger partial charge in [0.25, 0.3) is 5.91 Å². The lowest BCUT2D eigenvalue weighted by Gasteiger charge is -2.34. The topological polar surface area (TPSA) is 75.9 Å². The molecule has 0 unspecified atom stereocenters. The molecule has 114 valence electrons. The number of hydrogen-bond donors (Lipinski definition) is 1. The summed E-state index contributed by atoms with van der Waals surface area (Å²) in [6, 6.07) is 5.09. The van der Waals surface area contributed by atoms with Gasteiger partial charge in [0.05, 0.1) is 12.3 Å². The van der Waals surface area contributed by atoms with Crippen LogP contribution in [0.2, 0.25) is 0 Å². The van der Waals surface area contributed by atoms with Crippen LogP contribution < -0.4 is 10.5 Å². The number of nitrogens with zero attached hydrogens (tertiary/aromatic N) is 2. The van der Waals surface area contributed by atoms with Crippen LogP contribution in [0.4, 0.5) is 5.69 Å². The highest BCUT2D eigenvalue weighted by Crippen LogP contribution is 2.23. The predicted octanol–water partition coefficient (Wildman–Crippen LogP) is 0.972. The molecule has 1 aliphatic heterocycles. The van der Waals surface area contributed by atoms with Crippen LogP contribution >= 0.6 is 0 Å². The van der Waals surface area contributed by atoms with Gasteiger partial charge in [0, 0.05) is 38.7 Å². The Kier molecular flexibility index (Phi) is 4.67. The Morgan fingerprint density at radius 2 is 1.81 bits per heavy atom. The van der Waals surface area contributed by atoms with Crippen molar-refractivity contribution in [1.82, 2.24) is 9.80 Å². The molecule has 1 heterocycles. The van der Waals surface area contributed by atoms with Crippen LogP contribution in [0, 0.1) is 0 Å². The van der Waals surface area contributed by atoms with Gasteiger partial charge in [0.2, 0.25) is 5.91 Å². The largest absolute Gasteiger partial charge is 0.492 e. The van der Waals surface area contributed by atoms with E-state index < -0.39 is 0 Å². The Hall–Kier alpha value is -2.24. The molecule has 2 N–H and O–H groups in total. The fourth-order valence-corrected chi connectivity index (χ4v) is 2.38. The maximum absolute atomic E-state index is 12.4. The molecule has 0 radical (unpaired) electrons. The van der Waals surface area contributed by atoms with Gasteiger partial charge in [-0.1, -0.05) is 0 Å². The van der Waals surface area contributed by atoms with Crippen molar-refractivity contribution in [3.63, 3.8) is 0 Å². The summed E-state index contributed by atoms with van der Waals surface area (Å²) in [4.78, 5) is 27.2. The summed E-state index contributed by atoms with van der Waals surface area (Å²) in [7, 11) is 0. The summed E-state index contributed by atoms with van der Waals surface area (Å²) < 4.78 is 5.36. The quantitative estimate of drug-likeness (QED) is 0.842. The molecule has 6 nitrogen and oxygen atoms in total. The van der Waals surface area contributed by atoms with Crippen molar-refractivity contribution in [2.45, 2.75) is 13.8 Å². The van der Waals surface area contributed by atoms with Crippen molar-refractivity contribution in [3.8, 4) is 5.75 Å². The van der Waals surface area contributed by atoms with Crippen LogP contribution in [-0.4, -0.2) is 54.4 Å².